The molecule has 0 N–H and O–H groups in total. The maximum atomic E-state index is 4.20. The maximum Gasteiger partial charge on any atom is 0.0954 e. The van der Waals surface area contributed by atoms with Crippen molar-refractivity contribution in [2.24, 2.45) is 9.98 Å². The minimum Gasteiger partial charge on any atom is -0.219 e. The minimum atomic E-state index is -0.109. The molecule has 80 valence electrons. The number of hydrogen-bond acceptors (Lipinski definition) is 2. The Bertz CT molecular complexity index is 385. The molecular formula is C13H18N2. The first-order chi connectivity index (χ1) is 6.87. The molecule has 0 aliphatic carbocycles. The lowest BCUT2D eigenvalue weighted by Crippen LogP contribution is -2.07. The fourth-order valence-electron chi connectivity index (χ4n) is 1.25. The predicted molar refractivity (Wildman–Crippen MR) is 65.2 cm³/mol. The molecule has 0 atom stereocenters. The largest absolute Gasteiger partial charge is 0.219 e. The number of benzene rings is 1. The first-order valence-electron chi connectivity index (χ1n) is 5.13. The van der Waals surface area contributed by atoms with Crippen LogP contribution in [0, 0.1) is 13.8 Å². The van der Waals surface area contributed by atoms with Crippen molar-refractivity contribution in [3.8, 4) is 0 Å². The molecule has 0 saturated heterocycles. The second kappa shape index (κ2) is 4.41. The molecule has 0 bridgehead atoms. The van der Waals surface area contributed by atoms with Gasteiger partial charge in [-0.3, -0.25) is 0 Å². The maximum absolute atomic E-state index is 4.20. The van der Waals surface area contributed by atoms with E-state index in [0.717, 1.165) is 5.69 Å². The van der Waals surface area contributed by atoms with E-state index < -0.39 is 0 Å². The van der Waals surface area contributed by atoms with Crippen LogP contribution in [0.15, 0.2) is 28.2 Å². The summed E-state index contributed by atoms with van der Waals surface area (Å²) in [7, 11) is 0. The Hall–Kier alpha value is -1.40. The van der Waals surface area contributed by atoms with E-state index in [1.807, 2.05) is 32.9 Å². The molecule has 0 aliphatic heterocycles. The van der Waals surface area contributed by atoms with Crippen molar-refractivity contribution in [2.75, 3.05) is 0 Å². The van der Waals surface area contributed by atoms with Gasteiger partial charge in [0.15, 0.2) is 0 Å². The molecule has 15 heavy (non-hydrogen) atoms. The number of aryl methyl sites for hydroxylation is 2. The highest BCUT2D eigenvalue weighted by atomic mass is 14.9. The molecule has 1 aromatic rings. The second-order valence-electron chi connectivity index (χ2n) is 4.84. The van der Waals surface area contributed by atoms with Crippen molar-refractivity contribution in [2.45, 2.75) is 40.2 Å². The fourth-order valence-corrected chi connectivity index (χ4v) is 1.25. The van der Waals surface area contributed by atoms with Crippen LogP contribution in [-0.2, 0) is 0 Å². The quantitative estimate of drug-likeness (QED) is 0.617. The van der Waals surface area contributed by atoms with Crippen LogP contribution >= 0.6 is 0 Å². The molecule has 0 spiro atoms. The second-order valence-corrected chi connectivity index (χ2v) is 4.84. The van der Waals surface area contributed by atoms with E-state index in [0.29, 0.717) is 0 Å². The molecule has 0 fully saturated rings. The lowest BCUT2D eigenvalue weighted by atomic mass is 10.1. The Kier molecular flexibility index (Phi) is 3.43. The van der Waals surface area contributed by atoms with E-state index in [4.69, 9.17) is 0 Å². The zero-order valence-corrected chi connectivity index (χ0v) is 10.1. The van der Waals surface area contributed by atoms with Crippen molar-refractivity contribution in [3.05, 3.63) is 29.3 Å². The van der Waals surface area contributed by atoms with Crippen molar-refractivity contribution in [3.63, 3.8) is 0 Å². The summed E-state index contributed by atoms with van der Waals surface area (Å²) in [5.41, 5.74) is 3.24. The number of hydrogen-bond donors (Lipinski definition) is 0. The van der Waals surface area contributed by atoms with Crippen LogP contribution in [0.3, 0.4) is 0 Å². The molecule has 0 saturated carbocycles. The zero-order valence-electron chi connectivity index (χ0n) is 10.1. The summed E-state index contributed by atoms with van der Waals surface area (Å²) < 4.78 is 0. The van der Waals surface area contributed by atoms with Gasteiger partial charge in [0.2, 0.25) is 0 Å². The molecule has 2 heteroatoms. The molecule has 0 radical (unpaired) electrons. The van der Waals surface area contributed by atoms with Crippen LogP contribution in [0.1, 0.15) is 31.9 Å². The Labute approximate surface area is 91.8 Å². The van der Waals surface area contributed by atoms with Crippen LogP contribution in [0.4, 0.5) is 5.69 Å². The van der Waals surface area contributed by atoms with Gasteiger partial charge in [-0.1, -0.05) is 6.07 Å². The SMILES string of the molecule is Cc1cc(C)cc(N=C=NC(C)(C)C)c1. The highest BCUT2D eigenvalue weighted by Gasteiger charge is 2.04. The molecule has 0 unspecified atom stereocenters. The molecule has 0 amide bonds. The summed E-state index contributed by atoms with van der Waals surface area (Å²) >= 11 is 0. The third kappa shape index (κ3) is 4.57. The molecule has 1 rings (SSSR count). The Balaban J connectivity index is 2.95. The van der Waals surface area contributed by atoms with E-state index in [-0.39, 0.29) is 5.54 Å². The molecule has 0 aliphatic rings. The normalized spacial score (nSPS) is 10.7. The third-order valence-corrected chi connectivity index (χ3v) is 1.77. The Morgan fingerprint density at radius 2 is 1.53 bits per heavy atom. The molecular weight excluding hydrogens is 184 g/mol. The highest BCUT2D eigenvalue weighted by Crippen LogP contribution is 2.16. The summed E-state index contributed by atoms with van der Waals surface area (Å²) in [6, 6.07) is 8.92. The van der Waals surface area contributed by atoms with Gasteiger partial charge in [0.1, 0.15) is 0 Å². The minimum absolute atomic E-state index is 0.109. The van der Waals surface area contributed by atoms with Gasteiger partial charge in [0.05, 0.1) is 17.2 Å². The van der Waals surface area contributed by atoms with Gasteiger partial charge in [0.25, 0.3) is 0 Å². The van der Waals surface area contributed by atoms with Crippen molar-refractivity contribution >= 4 is 11.7 Å². The van der Waals surface area contributed by atoms with E-state index >= 15 is 0 Å². The van der Waals surface area contributed by atoms with Crippen molar-refractivity contribution in [1.82, 2.24) is 0 Å². The average molecular weight is 202 g/mol. The van der Waals surface area contributed by atoms with Gasteiger partial charge in [-0.05, 0) is 57.9 Å². The van der Waals surface area contributed by atoms with Gasteiger partial charge in [-0.15, -0.1) is 0 Å². The van der Waals surface area contributed by atoms with Crippen molar-refractivity contribution < 1.29 is 0 Å². The summed E-state index contributed by atoms with van der Waals surface area (Å²) in [5, 5.41) is 0. The molecule has 1 aromatic carbocycles. The highest BCUT2D eigenvalue weighted by molar-refractivity contribution is 5.54. The van der Waals surface area contributed by atoms with Gasteiger partial charge < -0.3 is 0 Å². The monoisotopic (exact) mass is 202 g/mol. The van der Waals surface area contributed by atoms with E-state index in [2.05, 4.69) is 35.9 Å². The van der Waals surface area contributed by atoms with Gasteiger partial charge >= 0.3 is 0 Å². The van der Waals surface area contributed by atoms with Crippen LogP contribution in [-0.4, -0.2) is 11.5 Å². The van der Waals surface area contributed by atoms with Crippen molar-refractivity contribution in [1.29, 1.82) is 0 Å². The number of nitrogens with zero attached hydrogens (tertiary/aromatic N) is 2. The number of aliphatic imine (C=N–C) groups is 2. The Morgan fingerprint density at radius 1 is 1.00 bits per heavy atom. The smallest absolute Gasteiger partial charge is 0.0954 e. The standard InChI is InChI=1S/C13H18N2/c1-10-6-11(2)8-12(7-10)14-9-15-13(3,4)5/h6-8H,1-5H3. The van der Waals surface area contributed by atoms with Crippen LogP contribution in [0.25, 0.3) is 0 Å². The number of rotatable bonds is 1. The average Bonchev–Trinajstić information content (AvgIpc) is 1.99. The van der Waals surface area contributed by atoms with E-state index in [9.17, 15) is 0 Å². The van der Waals surface area contributed by atoms with E-state index in [1.165, 1.54) is 11.1 Å². The summed E-state index contributed by atoms with van der Waals surface area (Å²) in [6.45, 7) is 10.2. The van der Waals surface area contributed by atoms with Crippen LogP contribution in [0.2, 0.25) is 0 Å². The topological polar surface area (TPSA) is 24.7 Å². The van der Waals surface area contributed by atoms with Gasteiger partial charge in [0, 0.05) is 0 Å². The Morgan fingerprint density at radius 3 is 2.00 bits per heavy atom. The predicted octanol–water partition coefficient (Wildman–Crippen LogP) is 3.91. The molecule has 0 aromatic heterocycles. The summed E-state index contributed by atoms with van der Waals surface area (Å²) in [5.74, 6) is 0. The van der Waals surface area contributed by atoms with E-state index in [1.54, 1.807) is 0 Å². The third-order valence-electron chi connectivity index (χ3n) is 1.77. The zero-order chi connectivity index (χ0) is 11.5. The van der Waals surface area contributed by atoms with Crippen LogP contribution in [0.5, 0.6) is 0 Å². The fraction of sp³-hybridized carbons (Fsp3) is 0.462. The first-order valence-corrected chi connectivity index (χ1v) is 5.13. The van der Waals surface area contributed by atoms with Gasteiger partial charge in [-0.2, -0.15) is 4.99 Å². The van der Waals surface area contributed by atoms with Crippen LogP contribution < -0.4 is 0 Å². The lowest BCUT2D eigenvalue weighted by Gasteiger charge is -2.06. The van der Waals surface area contributed by atoms with Gasteiger partial charge in [-0.25, -0.2) is 4.99 Å². The lowest BCUT2D eigenvalue weighted by molar-refractivity contribution is 0.587. The molecule has 0 heterocycles. The summed E-state index contributed by atoms with van der Waals surface area (Å²) in [6.07, 6.45) is 0. The summed E-state index contributed by atoms with van der Waals surface area (Å²) in [4.78, 5) is 8.39. The molecule has 2 nitrogen and oxygen atoms in total. The first kappa shape index (κ1) is 11.7.